The lowest BCUT2D eigenvalue weighted by atomic mass is 10.1. The molecule has 7 heteroatoms. The van der Waals surface area contributed by atoms with Gasteiger partial charge >= 0.3 is 0 Å². The Labute approximate surface area is 224 Å². The Morgan fingerprint density at radius 2 is 1.58 bits per heavy atom. The molecule has 4 aromatic carbocycles. The highest BCUT2D eigenvalue weighted by molar-refractivity contribution is 7.89. The molecule has 0 saturated heterocycles. The summed E-state index contributed by atoms with van der Waals surface area (Å²) in [7, 11) is -4.01. The minimum atomic E-state index is -4.01. The van der Waals surface area contributed by atoms with Crippen LogP contribution < -0.4 is 9.47 Å². The van der Waals surface area contributed by atoms with E-state index in [1.807, 2.05) is 98.8 Å². The molecule has 0 aromatic heterocycles. The molecule has 2 atom stereocenters. The Morgan fingerprint density at radius 1 is 0.895 bits per heavy atom. The van der Waals surface area contributed by atoms with Crippen LogP contribution in [0.1, 0.15) is 29.7 Å². The van der Waals surface area contributed by atoms with Crippen LogP contribution in [0.3, 0.4) is 0 Å². The molecule has 38 heavy (non-hydrogen) atoms. The zero-order chi connectivity index (χ0) is 26.5. The molecule has 0 N–H and O–H groups in total. The van der Waals surface area contributed by atoms with E-state index in [0.717, 1.165) is 16.7 Å². The number of sulfonamides is 1. The second kappa shape index (κ2) is 11.4. The van der Waals surface area contributed by atoms with E-state index in [-0.39, 0.29) is 29.5 Å². The largest absolute Gasteiger partial charge is 0.485 e. The Kier molecular flexibility index (Phi) is 7.79. The molecular formula is C31H31NO5S. The van der Waals surface area contributed by atoms with Gasteiger partial charge in [0.2, 0.25) is 0 Å². The lowest BCUT2D eigenvalue weighted by Crippen LogP contribution is -2.40. The maximum absolute atomic E-state index is 14.3. The van der Waals surface area contributed by atoms with Gasteiger partial charge in [0, 0.05) is 6.04 Å². The molecule has 0 amide bonds. The van der Waals surface area contributed by atoms with Gasteiger partial charge in [-0.2, -0.15) is 4.31 Å². The van der Waals surface area contributed by atoms with Crippen molar-refractivity contribution in [2.24, 2.45) is 0 Å². The minimum Gasteiger partial charge on any atom is -0.485 e. The van der Waals surface area contributed by atoms with Gasteiger partial charge in [-0.3, -0.25) is 0 Å². The molecule has 0 saturated carbocycles. The van der Waals surface area contributed by atoms with E-state index < -0.39 is 22.2 Å². The second-order valence-electron chi connectivity index (χ2n) is 9.40. The average Bonchev–Trinajstić information content (AvgIpc) is 3.04. The van der Waals surface area contributed by atoms with Crippen LogP contribution in [0.5, 0.6) is 17.2 Å². The van der Waals surface area contributed by atoms with E-state index >= 15 is 0 Å². The predicted octanol–water partition coefficient (Wildman–Crippen LogP) is 6.52. The monoisotopic (exact) mass is 529 g/mol. The number of rotatable bonds is 8. The highest BCUT2D eigenvalue weighted by Gasteiger charge is 2.40. The molecule has 1 heterocycles. The zero-order valence-electron chi connectivity index (χ0n) is 21.5. The summed E-state index contributed by atoms with van der Waals surface area (Å²) in [4.78, 5) is 0.0221. The Balaban J connectivity index is 1.50. The molecule has 4 aromatic rings. The fourth-order valence-electron chi connectivity index (χ4n) is 4.52. The van der Waals surface area contributed by atoms with E-state index in [1.165, 1.54) is 4.31 Å². The fourth-order valence-corrected chi connectivity index (χ4v) is 6.39. The third kappa shape index (κ3) is 5.75. The van der Waals surface area contributed by atoms with E-state index in [4.69, 9.17) is 14.2 Å². The number of aryl methyl sites for hydroxylation is 1. The lowest BCUT2D eigenvalue weighted by molar-refractivity contribution is 0.0313. The molecule has 1 aliphatic rings. The van der Waals surface area contributed by atoms with Crippen LogP contribution in [0.25, 0.3) is 0 Å². The zero-order valence-corrected chi connectivity index (χ0v) is 22.3. The van der Waals surface area contributed by atoms with Gasteiger partial charge in [0.1, 0.15) is 17.6 Å². The molecule has 0 unspecified atom stereocenters. The number of ether oxygens (including phenoxy) is 3. The number of fused-ring (bicyclic) bond motifs is 1. The molecule has 0 aliphatic carbocycles. The number of hydrogen-bond donors (Lipinski definition) is 0. The summed E-state index contributed by atoms with van der Waals surface area (Å²) in [6, 6.07) is 31.6. The Hall–Kier alpha value is -3.65. The first-order chi connectivity index (χ1) is 18.4. The van der Waals surface area contributed by atoms with Crippen LogP contribution in [-0.4, -0.2) is 32.0 Å². The van der Waals surface area contributed by atoms with Crippen molar-refractivity contribution in [2.45, 2.75) is 37.5 Å². The minimum absolute atomic E-state index is 0.0221. The predicted molar refractivity (Wildman–Crippen MR) is 147 cm³/mol. The van der Waals surface area contributed by atoms with Gasteiger partial charge in [0.25, 0.3) is 10.0 Å². The first kappa shape index (κ1) is 26.0. The number of hydrogen-bond acceptors (Lipinski definition) is 5. The summed E-state index contributed by atoms with van der Waals surface area (Å²) in [6.07, 6.45) is -0.518. The molecule has 5 rings (SSSR count). The van der Waals surface area contributed by atoms with E-state index in [1.54, 1.807) is 18.2 Å². The second-order valence-corrected chi connectivity index (χ2v) is 11.2. The standard InChI is InChI=1S/C31H31NO5S/c1-23-16-18-27(19-17-23)36-29-14-9-15-30-31(29)38(33,34)32(24(2)26-12-7-4-8-13-26)20-28(37-30)22-35-21-25-10-5-3-6-11-25/h3-19,24,28H,20-22H2,1-2H3/t24-,28+/m1/s1. The average molecular weight is 530 g/mol. The summed E-state index contributed by atoms with van der Waals surface area (Å²) < 4.78 is 48.5. The molecule has 1 aliphatic heterocycles. The van der Waals surface area contributed by atoms with E-state index in [0.29, 0.717) is 12.4 Å². The highest BCUT2D eigenvalue weighted by Crippen LogP contribution is 2.42. The van der Waals surface area contributed by atoms with Crippen molar-refractivity contribution in [3.05, 3.63) is 120 Å². The summed E-state index contributed by atoms with van der Waals surface area (Å²) >= 11 is 0. The highest BCUT2D eigenvalue weighted by atomic mass is 32.2. The van der Waals surface area contributed by atoms with Crippen LogP contribution in [0, 0.1) is 6.92 Å². The smallest absolute Gasteiger partial charge is 0.251 e. The van der Waals surface area contributed by atoms with Gasteiger partial charge in [-0.05, 0) is 49.2 Å². The van der Waals surface area contributed by atoms with E-state index in [2.05, 4.69) is 0 Å². The van der Waals surface area contributed by atoms with Crippen molar-refractivity contribution in [3.8, 4) is 17.2 Å². The summed E-state index contributed by atoms with van der Waals surface area (Å²) in [5.74, 6) is 1.03. The van der Waals surface area contributed by atoms with Crippen LogP contribution >= 0.6 is 0 Å². The van der Waals surface area contributed by atoms with Crippen molar-refractivity contribution in [1.29, 1.82) is 0 Å². The molecule has 0 radical (unpaired) electrons. The molecule has 0 spiro atoms. The SMILES string of the molecule is Cc1ccc(Oc2cccc3c2S(=O)(=O)N([C@H](C)c2ccccc2)C[C@@H](COCc2ccccc2)O3)cc1. The third-order valence-corrected chi connectivity index (χ3v) is 8.57. The van der Waals surface area contributed by atoms with Gasteiger partial charge in [0.15, 0.2) is 10.6 Å². The van der Waals surface area contributed by atoms with Gasteiger partial charge in [0.05, 0.1) is 19.8 Å². The van der Waals surface area contributed by atoms with Crippen molar-refractivity contribution in [3.63, 3.8) is 0 Å². The molecule has 0 fully saturated rings. The summed E-state index contributed by atoms with van der Waals surface area (Å²) in [6.45, 7) is 4.64. The molecular weight excluding hydrogens is 498 g/mol. The topological polar surface area (TPSA) is 65.1 Å². The van der Waals surface area contributed by atoms with Gasteiger partial charge < -0.3 is 14.2 Å². The normalized spacial score (nSPS) is 17.6. The van der Waals surface area contributed by atoms with Crippen LogP contribution in [0.2, 0.25) is 0 Å². The first-order valence-electron chi connectivity index (χ1n) is 12.6. The lowest BCUT2D eigenvalue weighted by Gasteiger charge is -2.29. The van der Waals surface area contributed by atoms with Crippen molar-refractivity contribution >= 4 is 10.0 Å². The van der Waals surface area contributed by atoms with Crippen LogP contribution in [0.15, 0.2) is 108 Å². The van der Waals surface area contributed by atoms with Crippen molar-refractivity contribution in [2.75, 3.05) is 13.2 Å². The van der Waals surface area contributed by atoms with Gasteiger partial charge in [-0.25, -0.2) is 8.42 Å². The fraction of sp³-hybridized carbons (Fsp3) is 0.226. The Bertz CT molecular complexity index is 1460. The van der Waals surface area contributed by atoms with Crippen molar-refractivity contribution in [1.82, 2.24) is 4.31 Å². The molecule has 6 nitrogen and oxygen atoms in total. The van der Waals surface area contributed by atoms with E-state index in [9.17, 15) is 8.42 Å². The Morgan fingerprint density at radius 3 is 2.29 bits per heavy atom. The molecule has 196 valence electrons. The maximum atomic E-state index is 14.3. The van der Waals surface area contributed by atoms with Crippen LogP contribution in [-0.2, 0) is 21.4 Å². The maximum Gasteiger partial charge on any atom is 0.251 e. The summed E-state index contributed by atoms with van der Waals surface area (Å²) in [5, 5.41) is 0. The van der Waals surface area contributed by atoms with Gasteiger partial charge in [-0.1, -0.05) is 84.4 Å². The first-order valence-corrected chi connectivity index (χ1v) is 14.1. The summed E-state index contributed by atoms with van der Waals surface area (Å²) in [5.41, 5.74) is 3.01. The third-order valence-electron chi connectivity index (χ3n) is 6.56. The quantitative estimate of drug-likeness (QED) is 0.260. The number of benzene rings is 4. The van der Waals surface area contributed by atoms with Gasteiger partial charge in [-0.15, -0.1) is 0 Å². The molecule has 0 bridgehead atoms. The van der Waals surface area contributed by atoms with Crippen LogP contribution in [0.4, 0.5) is 0 Å². The van der Waals surface area contributed by atoms with Crippen molar-refractivity contribution < 1.29 is 22.6 Å². The number of nitrogens with zero attached hydrogens (tertiary/aromatic N) is 1.